The summed E-state index contributed by atoms with van der Waals surface area (Å²) in [6, 6.07) is 11.9. The third-order valence-electron chi connectivity index (χ3n) is 3.71. The summed E-state index contributed by atoms with van der Waals surface area (Å²) in [5.41, 5.74) is 3.23. The lowest BCUT2D eigenvalue weighted by molar-refractivity contribution is 0.232. The molecule has 0 amide bonds. The predicted molar refractivity (Wildman–Crippen MR) is 85.5 cm³/mol. The highest BCUT2D eigenvalue weighted by Gasteiger charge is 2.26. The molecule has 0 spiro atoms. The van der Waals surface area contributed by atoms with Gasteiger partial charge in [0.1, 0.15) is 17.6 Å². The fourth-order valence-electron chi connectivity index (χ4n) is 2.78. The van der Waals surface area contributed by atoms with E-state index in [0.717, 1.165) is 35.6 Å². The molecule has 0 radical (unpaired) electrons. The molecule has 0 aliphatic carbocycles. The maximum atomic E-state index is 6.15. The van der Waals surface area contributed by atoms with E-state index in [1.807, 2.05) is 25.2 Å². The van der Waals surface area contributed by atoms with Crippen LogP contribution in [0.4, 0.5) is 0 Å². The molecule has 4 heteroatoms. The number of benzene rings is 2. The zero-order valence-electron chi connectivity index (χ0n) is 12.2. The Morgan fingerprint density at radius 3 is 2.90 bits per heavy atom. The Balaban J connectivity index is 2.06. The molecule has 21 heavy (non-hydrogen) atoms. The summed E-state index contributed by atoms with van der Waals surface area (Å²) in [6.07, 6.45) is 1.10. The second-order valence-electron chi connectivity index (χ2n) is 5.14. The minimum Gasteiger partial charge on any atom is -0.496 e. The van der Waals surface area contributed by atoms with Gasteiger partial charge >= 0.3 is 0 Å². The van der Waals surface area contributed by atoms with E-state index in [4.69, 9.17) is 21.1 Å². The van der Waals surface area contributed by atoms with Crippen molar-refractivity contribution >= 4 is 11.6 Å². The molecule has 1 unspecified atom stereocenters. The van der Waals surface area contributed by atoms with Gasteiger partial charge in [-0.2, -0.15) is 0 Å². The van der Waals surface area contributed by atoms with Gasteiger partial charge in [0.15, 0.2) is 0 Å². The smallest absolute Gasteiger partial charge is 0.131 e. The van der Waals surface area contributed by atoms with Crippen LogP contribution in [0.2, 0.25) is 5.02 Å². The maximum Gasteiger partial charge on any atom is 0.131 e. The van der Waals surface area contributed by atoms with E-state index in [1.165, 1.54) is 5.56 Å². The molecule has 1 aliphatic heterocycles. The zero-order chi connectivity index (χ0) is 14.8. The highest BCUT2D eigenvalue weighted by molar-refractivity contribution is 6.31. The van der Waals surface area contributed by atoms with Crippen molar-refractivity contribution in [3.05, 3.63) is 47.0 Å². The Bertz CT molecular complexity index is 657. The lowest BCUT2D eigenvalue weighted by atomic mass is 10.00. The van der Waals surface area contributed by atoms with E-state index >= 15 is 0 Å². The van der Waals surface area contributed by atoms with Crippen molar-refractivity contribution < 1.29 is 9.47 Å². The number of halogens is 1. The Morgan fingerprint density at radius 2 is 2.14 bits per heavy atom. The molecular formula is C17H18ClNO2. The monoisotopic (exact) mass is 303 g/mol. The topological polar surface area (TPSA) is 30.5 Å². The van der Waals surface area contributed by atoms with Crippen LogP contribution in [0, 0.1) is 0 Å². The molecule has 2 aromatic carbocycles. The van der Waals surface area contributed by atoms with Crippen LogP contribution in [0.25, 0.3) is 11.1 Å². The predicted octanol–water partition coefficient (Wildman–Crippen LogP) is 3.54. The van der Waals surface area contributed by atoms with E-state index in [2.05, 4.69) is 23.5 Å². The number of fused-ring (bicyclic) bond motifs is 1. The summed E-state index contributed by atoms with van der Waals surface area (Å²) in [5.74, 6) is 1.74. The van der Waals surface area contributed by atoms with Gasteiger partial charge in [-0.25, -0.2) is 0 Å². The fourth-order valence-corrected chi connectivity index (χ4v) is 2.95. The first-order chi connectivity index (χ1) is 10.2. The molecule has 3 nitrogen and oxygen atoms in total. The number of methoxy groups -OCH3 is 1. The van der Waals surface area contributed by atoms with Crippen LogP contribution in [-0.4, -0.2) is 26.8 Å². The molecular weight excluding hydrogens is 286 g/mol. The lowest BCUT2D eigenvalue weighted by Crippen LogP contribution is -2.27. The first-order valence-corrected chi connectivity index (χ1v) is 7.37. The van der Waals surface area contributed by atoms with Gasteiger partial charge in [-0.05, 0) is 30.8 Å². The molecule has 1 heterocycles. The first-order valence-electron chi connectivity index (χ1n) is 7.00. The van der Waals surface area contributed by atoms with Crippen molar-refractivity contribution in [1.29, 1.82) is 0 Å². The van der Waals surface area contributed by atoms with Crippen molar-refractivity contribution in [2.75, 3.05) is 20.7 Å². The maximum absolute atomic E-state index is 6.15. The van der Waals surface area contributed by atoms with E-state index in [1.54, 1.807) is 7.11 Å². The van der Waals surface area contributed by atoms with Crippen molar-refractivity contribution in [1.82, 2.24) is 5.32 Å². The van der Waals surface area contributed by atoms with E-state index in [-0.39, 0.29) is 6.10 Å². The first kappa shape index (κ1) is 14.2. The highest BCUT2D eigenvalue weighted by Crippen LogP contribution is 2.42. The van der Waals surface area contributed by atoms with Gasteiger partial charge in [0, 0.05) is 29.1 Å². The van der Waals surface area contributed by atoms with Gasteiger partial charge in [0.05, 0.1) is 7.11 Å². The Morgan fingerprint density at radius 1 is 1.29 bits per heavy atom. The van der Waals surface area contributed by atoms with Gasteiger partial charge in [-0.15, -0.1) is 0 Å². The Hall–Kier alpha value is -1.71. The van der Waals surface area contributed by atoms with Crippen LogP contribution in [0.1, 0.15) is 5.56 Å². The molecule has 1 aliphatic rings. The molecule has 1 atom stereocenters. The molecule has 0 fully saturated rings. The molecule has 110 valence electrons. The number of hydrogen-bond donors (Lipinski definition) is 1. The van der Waals surface area contributed by atoms with Gasteiger partial charge in [-0.3, -0.25) is 0 Å². The second-order valence-corrected chi connectivity index (χ2v) is 5.58. The second kappa shape index (κ2) is 5.96. The third kappa shape index (κ3) is 2.71. The quantitative estimate of drug-likeness (QED) is 0.937. The van der Waals surface area contributed by atoms with Gasteiger partial charge in [-0.1, -0.05) is 29.8 Å². The van der Waals surface area contributed by atoms with Gasteiger partial charge in [0.2, 0.25) is 0 Å². The third-order valence-corrected chi connectivity index (χ3v) is 3.95. The van der Waals surface area contributed by atoms with E-state index in [0.29, 0.717) is 5.02 Å². The van der Waals surface area contributed by atoms with Crippen molar-refractivity contribution in [3.8, 4) is 22.6 Å². The summed E-state index contributed by atoms with van der Waals surface area (Å²) < 4.78 is 11.6. The van der Waals surface area contributed by atoms with E-state index in [9.17, 15) is 0 Å². The fraction of sp³-hybridized carbons (Fsp3) is 0.294. The SMILES string of the molecule is CNCC1Cc2cccc(-c3cc(Cl)ccc3OC)c2O1. The minimum absolute atomic E-state index is 0.177. The number of rotatable bonds is 4. The molecule has 1 N–H and O–H groups in total. The van der Waals surface area contributed by atoms with E-state index < -0.39 is 0 Å². The van der Waals surface area contributed by atoms with Crippen LogP contribution in [0.3, 0.4) is 0 Å². The lowest BCUT2D eigenvalue weighted by Gasteiger charge is -2.14. The highest BCUT2D eigenvalue weighted by atomic mass is 35.5. The largest absolute Gasteiger partial charge is 0.496 e. The van der Waals surface area contributed by atoms with Crippen LogP contribution >= 0.6 is 11.6 Å². The molecule has 0 saturated heterocycles. The molecule has 0 saturated carbocycles. The van der Waals surface area contributed by atoms with Crippen molar-refractivity contribution in [2.24, 2.45) is 0 Å². The Labute approximate surface area is 129 Å². The van der Waals surface area contributed by atoms with Crippen LogP contribution < -0.4 is 14.8 Å². The minimum atomic E-state index is 0.177. The molecule has 0 aromatic heterocycles. The average molecular weight is 304 g/mol. The van der Waals surface area contributed by atoms with Crippen LogP contribution in [0.15, 0.2) is 36.4 Å². The summed E-state index contributed by atoms with van der Waals surface area (Å²) in [4.78, 5) is 0. The normalized spacial score (nSPS) is 16.4. The van der Waals surface area contributed by atoms with Gasteiger partial charge < -0.3 is 14.8 Å². The number of nitrogens with one attached hydrogen (secondary N) is 1. The molecule has 0 bridgehead atoms. The Kier molecular flexibility index (Phi) is 4.04. The molecule has 3 rings (SSSR count). The summed E-state index contributed by atoms with van der Waals surface area (Å²) in [5, 5.41) is 3.85. The summed E-state index contributed by atoms with van der Waals surface area (Å²) in [6.45, 7) is 0.834. The summed E-state index contributed by atoms with van der Waals surface area (Å²) in [7, 11) is 3.60. The standard InChI is InChI=1S/C17H18ClNO2/c1-19-10-13-8-11-4-3-5-14(17(11)21-13)15-9-12(18)6-7-16(15)20-2/h3-7,9,13,19H,8,10H2,1-2H3. The average Bonchev–Trinajstić information content (AvgIpc) is 2.90. The number of likely N-dealkylation sites (N-methyl/N-ethyl adjacent to an activating group) is 1. The molecule has 2 aromatic rings. The van der Waals surface area contributed by atoms with Crippen molar-refractivity contribution in [2.45, 2.75) is 12.5 Å². The van der Waals surface area contributed by atoms with Crippen LogP contribution in [-0.2, 0) is 6.42 Å². The number of para-hydroxylation sites is 1. The van der Waals surface area contributed by atoms with Crippen LogP contribution in [0.5, 0.6) is 11.5 Å². The van der Waals surface area contributed by atoms with Crippen molar-refractivity contribution in [3.63, 3.8) is 0 Å². The zero-order valence-corrected chi connectivity index (χ0v) is 12.9. The number of ether oxygens (including phenoxy) is 2. The number of hydrogen-bond acceptors (Lipinski definition) is 3. The van der Waals surface area contributed by atoms with Gasteiger partial charge in [0.25, 0.3) is 0 Å². The summed E-state index contributed by atoms with van der Waals surface area (Å²) >= 11 is 6.15.